The van der Waals surface area contributed by atoms with Gasteiger partial charge in [0.2, 0.25) is 0 Å². The molecule has 1 N–H and O–H groups in total. The number of hydrogen-bond acceptors (Lipinski definition) is 7. The van der Waals surface area contributed by atoms with E-state index in [4.69, 9.17) is 14.2 Å². The van der Waals surface area contributed by atoms with Gasteiger partial charge in [0, 0.05) is 11.3 Å². The summed E-state index contributed by atoms with van der Waals surface area (Å²) < 4.78 is 15.7. The Morgan fingerprint density at radius 3 is 2.29 bits per heavy atom. The van der Waals surface area contributed by atoms with Crippen LogP contribution >= 0.6 is 0 Å². The molecule has 1 unspecified atom stereocenters. The van der Waals surface area contributed by atoms with Gasteiger partial charge in [0.1, 0.15) is 17.3 Å². The maximum Gasteiger partial charge on any atom is 0.309 e. The molecule has 38 heavy (non-hydrogen) atoms. The highest BCUT2D eigenvalue weighted by Gasteiger charge is 2.47. The van der Waals surface area contributed by atoms with E-state index in [0.717, 1.165) is 6.42 Å². The third-order valence-electron chi connectivity index (χ3n) is 6.25. The summed E-state index contributed by atoms with van der Waals surface area (Å²) in [6.07, 6.45) is 0.933. The van der Waals surface area contributed by atoms with Crippen molar-refractivity contribution >= 4 is 29.1 Å². The van der Waals surface area contributed by atoms with Crippen LogP contribution in [-0.2, 0) is 25.5 Å². The highest BCUT2D eigenvalue weighted by atomic mass is 16.5. The Labute approximate surface area is 221 Å². The molecular weight excluding hydrogens is 486 g/mol. The van der Waals surface area contributed by atoms with E-state index in [9.17, 15) is 19.5 Å². The lowest BCUT2D eigenvalue weighted by Crippen LogP contribution is -2.29. The fourth-order valence-electron chi connectivity index (χ4n) is 4.32. The summed E-state index contributed by atoms with van der Waals surface area (Å²) >= 11 is 0. The summed E-state index contributed by atoms with van der Waals surface area (Å²) in [4.78, 5) is 39.8. The van der Waals surface area contributed by atoms with Crippen LogP contribution in [0.2, 0.25) is 0 Å². The van der Waals surface area contributed by atoms with Crippen molar-refractivity contribution in [2.24, 2.45) is 0 Å². The van der Waals surface area contributed by atoms with Crippen LogP contribution in [0.5, 0.6) is 11.5 Å². The lowest BCUT2D eigenvalue weighted by Gasteiger charge is -2.26. The molecule has 1 heterocycles. The van der Waals surface area contributed by atoms with Crippen LogP contribution in [0.1, 0.15) is 36.1 Å². The standard InChI is InChI=1S/C30H29NO7/c1-4-16-38-23-14-10-20(11-15-23)28(33)26-27(21-6-5-7-24(18-21)36-2)31(30(35)29(26)34)22-12-8-19(9-13-22)17-25(32)37-3/h5-15,18,27,33H,4,16-17H2,1-3H3/b28-26-. The number of anilines is 1. The molecule has 1 amide bonds. The molecule has 0 radical (unpaired) electrons. The van der Waals surface area contributed by atoms with Crippen LogP contribution in [0.15, 0.2) is 78.4 Å². The number of amides is 1. The van der Waals surface area contributed by atoms with Gasteiger partial charge in [0.05, 0.1) is 38.9 Å². The van der Waals surface area contributed by atoms with Crippen LogP contribution in [0.3, 0.4) is 0 Å². The zero-order chi connectivity index (χ0) is 27.2. The predicted molar refractivity (Wildman–Crippen MR) is 142 cm³/mol. The third-order valence-corrected chi connectivity index (χ3v) is 6.25. The van der Waals surface area contributed by atoms with Crippen LogP contribution in [-0.4, -0.2) is 43.6 Å². The van der Waals surface area contributed by atoms with E-state index in [2.05, 4.69) is 0 Å². The van der Waals surface area contributed by atoms with Crippen molar-refractivity contribution in [1.29, 1.82) is 0 Å². The smallest absolute Gasteiger partial charge is 0.309 e. The Hall–Kier alpha value is -4.59. The molecule has 0 spiro atoms. The molecule has 0 aromatic heterocycles. The number of methoxy groups -OCH3 is 2. The number of benzene rings is 3. The molecule has 1 atom stereocenters. The van der Waals surface area contributed by atoms with Crippen molar-refractivity contribution < 1.29 is 33.7 Å². The number of rotatable bonds is 9. The Morgan fingerprint density at radius 1 is 0.947 bits per heavy atom. The molecule has 1 fully saturated rings. The van der Waals surface area contributed by atoms with Crippen molar-refractivity contribution in [3.05, 3.63) is 95.1 Å². The predicted octanol–water partition coefficient (Wildman–Crippen LogP) is 4.83. The summed E-state index contributed by atoms with van der Waals surface area (Å²) in [5, 5.41) is 11.3. The molecule has 4 rings (SSSR count). The molecule has 3 aromatic carbocycles. The zero-order valence-corrected chi connectivity index (χ0v) is 21.5. The topological polar surface area (TPSA) is 102 Å². The maximum absolute atomic E-state index is 13.4. The molecule has 0 bridgehead atoms. The first-order valence-electron chi connectivity index (χ1n) is 12.2. The number of aliphatic hydroxyl groups is 1. The Kier molecular flexibility index (Phi) is 8.11. The highest BCUT2D eigenvalue weighted by molar-refractivity contribution is 6.51. The number of carbonyl (C=O) groups excluding carboxylic acids is 3. The van der Waals surface area contributed by atoms with Crippen molar-refractivity contribution in [3.8, 4) is 11.5 Å². The minimum atomic E-state index is -0.910. The van der Waals surface area contributed by atoms with Gasteiger partial charge in [-0.2, -0.15) is 0 Å². The Balaban J connectivity index is 1.80. The molecule has 8 heteroatoms. The van der Waals surface area contributed by atoms with E-state index in [1.165, 1.54) is 19.1 Å². The Bertz CT molecular complexity index is 1360. The number of esters is 1. The summed E-state index contributed by atoms with van der Waals surface area (Å²) in [6.45, 7) is 2.56. The molecule has 3 aromatic rings. The van der Waals surface area contributed by atoms with E-state index in [1.807, 2.05) is 6.92 Å². The summed E-state index contributed by atoms with van der Waals surface area (Å²) in [6, 6.07) is 19.5. The van der Waals surface area contributed by atoms with Crippen molar-refractivity contribution in [1.82, 2.24) is 0 Å². The largest absolute Gasteiger partial charge is 0.507 e. The number of aliphatic hydroxyl groups excluding tert-OH is 1. The van der Waals surface area contributed by atoms with Crippen LogP contribution in [0, 0.1) is 0 Å². The maximum atomic E-state index is 13.4. The summed E-state index contributed by atoms with van der Waals surface area (Å²) in [5.41, 5.74) is 2.07. The normalized spacial score (nSPS) is 16.4. The zero-order valence-electron chi connectivity index (χ0n) is 21.5. The molecule has 1 aliphatic heterocycles. The lowest BCUT2D eigenvalue weighted by molar-refractivity contribution is -0.139. The first kappa shape index (κ1) is 26.5. The second kappa shape index (κ2) is 11.6. The SMILES string of the molecule is CCCOc1ccc(/C(O)=C2/C(=O)C(=O)N(c3ccc(CC(=O)OC)cc3)C2c2cccc(OC)c2)cc1. The van der Waals surface area contributed by atoms with Crippen molar-refractivity contribution in [2.75, 3.05) is 25.7 Å². The van der Waals surface area contributed by atoms with E-state index >= 15 is 0 Å². The van der Waals surface area contributed by atoms with E-state index < -0.39 is 17.7 Å². The highest BCUT2D eigenvalue weighted by Crippen LogP contribution is 2.43. The second-order valence-corrected chi connectivity index (χ2v) is 8.74. The van der Waals surface area contributed by atoms with Crippen LogP contribution in [0.25, 0.3) is 5.76 Å². The van der Waals surface area contributed by atoms with Gasteiger partial charge in [-0.25, -0.2) is 0 Å². The van der Waals surface area contributed by atoms with Gasteiger partial charge in [-0.1, -0.05) is 31.2 Å². The first-order valence-corrected chi connectivity index (χ1v) is 12.2. The lowest BCUT2D eigenvalue weighted by atomic mass is 9.95. The number of ether oxygens (including phenoxy) is 3. The van der Waals surface area contributed by atoms with Crippen LogP contribution < -0.4 is 14.4 Å². The van der Waals surface area contributed by atoms with Gasteiger partial charge in [-0.3, -0.25) is 19.3 Å². The molecule has 1 aliphatic rings. The van der Waals surface area contributed by atoms with Gasteiger partial charge in [-0.05, 0) is 66.1 Å². The fraction of sp³-hybridized carbons (Fsp3) is 0.233. The minimum Gasteiger partial charge on any atom is -0.507 e. The third kappa shape index (κ3) is 5.39. The van der Waals surface area contributed by atoms with Gasteiger partial charge < -0.3 is 19.3 Å². The molecule has 0 aliphatic carbocycles. The van der Waals surface area contributed by atoms with E-state index in [-0.39, 0.29) is 23.7 Å². The van der Waals surface area contributed by atoms with Gasteiger partial charge >= 0.3 is 5.97 Å². The number of ketones is 1. The van der Waals surface area contributed by atoms with Gasteiger partial charge in [0.15, 0.2) is 0 Å². The number of Topliss-reactive ketones (excluding diaryl/α,β-unsaturated/α-hetero) is 1. The van der Waals surface area contributed by atoms with E-state index in [0.29, 0.717) is 40.5 Å². The number of carbonyl (C=O) groups is 3. The summed E-state index contributed by atoms with van der Waals surface area (Å²) in [5.74, 6) is -1.08. The van der Waals surface area contributed by atoms with Crippen LogP contribution in [0.4, 0.5) is 5.69 Å². The average Bonchev–Trinajstić information content (AvgIpc) is 3.22. The minimum absolute atomic E-state index is 0.0379. The molecule has 8 nitrogen and oxygen atoms in total. The summed E-state index contributed by atoms with van der Waals surface area (Å²) in [7, 11) is 2.84. The molecular formula is C30H29NO7. The van der Waals surface area contributed by atoms with E-state index in [1.54, 1.807) is 72.8 Å². The number of hydrogen-bond donors (Lipinski definition) is 1. The van der Waals surface area contributed by atoms with Gasteiger partial charge in [-0.15, -0.1) is 0 Å². The average molecular weight is 516 g/mol. The van der Waals surface area contributed by atoms with Crippen molar-refractivity contribution in [2.45, 2.75) is 25.8 Å². The number of nitrogens with zero attached hydrogens (tertiary/aromatic N) is 1. The Morgan fingerprint density at radius 2 is 1.66 bits per heavy atom. The first-order chi connectivity index (χ1) is 18.4. The molecule has 0 saturated carbocycles. The molecule has 196 valence electrons. The monoisotopic (exact) mass is 515 g/mol. The second-order valence-electron chi connectivity index (χ2n) is 8.74. The van der Waals surface area contributed by atoms with Crippen molar-refractivity contribution in [3.63, 3.8) is 0 Å². The quantitative estimate of drug-likeness (QED) is 0.189. The molecule has 1 saturated heterocycles. The van der Waals surface area contributed by atoms with Gasteiger partial charge in [0.25, 0.3) is 11.7 Å². The fourth-order valence-corrected chi connectivity index (χ4v) is 4.32.